The summed E-state index contributed by atoms with van der Waals surface area (Å²) in [6.45, 7) is 5.58. The number of nitrogens with two attached hydrogens (primary N) is 1. The van der Waals surface area contributed by atoms with Gasteiger partial charge in [-0.1, -0.05) is 13.8 Å². The van der Waals surface area contributed by atoms with Crippen molar-refractivity contribution in [3.8, 4) is 0 Å². The van der Waals surface area contributed by atoms with Gasteiger partial charge in [0.15, 0.2) is 0 Å². The number of rotatable bonds is 3. The highest BCUT2D eigenvalue weighted by Crippen LogP contribution is 2.33. The third-order valence-corrected chi connectivity index (χ3v) is 4.13. The molecule has 1 fully saturated rings. The molecule has 0 radical (unpaired) electrons. The average molecular weight is 338 g/mol. The van der Waals surface area contributed by atoms with Crippen molar-refractivity contribution < 1.29 is 4.79 Å². The fourth-order valence-corrected chi connectivity index (χ4v) is 2.91. The lowest BCUT2D eigenvalue weighted by Gasteiger charge is -2.33. The lowest BCUT2D eigenvalue weighted by atomic mass is 10.1. The molecule has 7 heteroatoms. The summed E-state index contributed by atoms with van der Waals surface area (Å²) < 4.78 is 0. The summed E-state index contributed by atoms with van der Waals surface area (Å²) in [6, 6.07) is 2.20. The van der Waals surface area contributed by atoms with Crippen LogP contribution in [0.15, 0.2) is 18.5 Å². The number of carbonyl (C=O) groups excluding carboxylic acids is 1. The Kier molecular flexibility index (Phi) is 5.49. The Hall–Kier alpha value is -1.79. The first kappa shape index (κ1) is 17.6. The fourth-order valence-electron chi connectivity index (χ4n) is 2.91. The van der Waals surface area contributed by atoms with E-state index in [9.17, 15) is 4.79 Å². The Labute approximate surface area is 142 Å². The lowest BCUT2D eigenvalue weighted by Crippen LogP contribution is -2.42. The largest absolute Gasteiger partial charge is 0.369 e. The molecule has 1 saturated heterocycles. The lowest BCUT2D eigenvalue weighted by molar-refractivity contribution is -0.118. The zero-order valence-corrected chi connectivity index (χ0v) is 14.3. The molecule has 3 rings (SSSR count). The van der Waals surface area contributed by atoms with Crippen LogP contribution in [0, 0.1) is 5.92 Å². The molecule has 1 aliphatic heterocycles. The molecule has 2 aromatic heterocycles. The van der Waals surface area contributed by atoms with Crippen LogP contribution in [-0.4, -0.2) is 35.0 Å². The highest BCUT2D eigenvalue weighted by Gasteiger charge is 2.21. The maximum Gasteiger partial charge on any atom is 0.226 e. The second-order valence-electron chi connectivity index (χ2n) is 6.25. The molecule has 6 nitrogen and oxygen atoms in total. The molecular formula is C16H24ClN5O. The Morgan fingerprint density at radius 1 is 1.52 bits per heavy atom. The predicted octanol–water partition coefficient (Wildman–Crippen LogP) is 2.51. The number of aromatic nitrogens is 2. The number of anilines is 2. The van der Waals surface area contributed by atoms with Crippen molar-refractivity contribution in [2.45, 2.75) is 32.7 Å². The number of halogens is 1. The molecule has 126 valence electrons. The standard InChI is InChI=1S/C16H23N5O.ClH/c1-10(2)16(22)20-12-8-19-15-14(12)13(5-6-18-15)21-7-3-4-11(17)9-21;/h5-6,8,10-11H,3-4,7,9,17H2,1-2H3,(H,18,19)(H,20,22);1H. The molecule has 1 unspecified atom stereocenters. The zero-order valence-electron chi connectivity index (χ0n) is 13.5. The van der Waals surface area contributed by atoms with Crippen molar-refractivity contribution in [1.29, 1.82) is 0 Å². The molecule has 0 spiro atoms. The van der Waals surface area contributed by atoms with Gasteiger partial charge in [0.25, 0.3) is 0 Å². The van der Waals surface area contributed by atoms with Crippen LogP contribution in [0.1, 0.15) is 26.7 Å². The van der Waals surface area contributed by atoms with Crippen molar-refractivity contribution >= 4 is 40.7 Å². The number of piperidine rings is 1. The van der Waals surface area contributed by atoms with E-state index in [0.29, 0.717) is 0 Å². The monoisotopic (exact) mass is 337 g/mol. The van der Waals surface area contributed by atoms with Gasteiger partial charge in [-0.05, 0) is 18.9 Å². The van der Waals surface area contributed by atoms with E-state index < -0.39 is 0 Å². The first-order valence-electron chi connectivity index (χ1n) is 7.83. The SMILES string of the molecule is CC(C)C(=O)Nc1c[nH]c2nccc(N3CCCC(N)C3)c12.Cl. The number of pyridine rings is 1. The van der Waals surface area contributed by atoms with E-state index >= 15 is 0 Å². The highest BCUT2D eigenvalue weighted by molar-refractivity contribution is 6.06. The van der Waals surface area contributed by atoms with Crippen LogP contribution in [0.5, 0.6) is 0 Å². The van der Waals surface area contributed by atoms with Gasteiger partial charge in [-0.25, -0.2) is 4.98 Å². The second-order valence-corrected chi connectivity index (χ2v) is 6.25. The number of nitrogens with zero attached hydrogens (tertiary/aromatic N) is 2. The zero-order chi connectivity index (χ0) is 15.7. The van der Waals surface area contributed by atoms with Crippen LogP contribution in [-0.2, 0) is 4.79 Å². The molecule has 4 N–H and O–H groups in total. The van der Waals surface area contributed by atoms with Gasteiger partial charge in [-0.15, -0.1) is 12.4 Å². The Morgan fingerprint density at radius 3 is 3.00 bits per heavy atom. The molecule has 0 aliphatic carbocycles. The fraction of sp³-hybridized carbons (Fsp3) is 0.500. The van der Waals surface area contributed by atoms with Gasteiger partial charge in [0, 0.05) is 37.4 Å². The Bertz CT molecular complexity index is 684. The molecular weight excluding hydrogens is 314 g/mol. The van der Waals surface area contributed by atoms with Gasteiger partial charge in [-0.3, -0.25) is 4.79 Å². The molecule has 3 heterocycles. The van der Waals surface area contributed by atoms with Crippen LogP contribution >= 0.6 is 12.4 Å². The molecule has 0 bridgehead atoms. The van der Waals surface area contributed by atoms with Gasteiger partial charge in [0.1, 0.15) is 5.65 Å². The topological polar surface area (TPSA) is 87.0 Å². The highest BCUT2D eigenvalue weighted by atomic mass is 35.5. The molecule has 1 atom stereocenters. The van der Waals surface area contributed by atoms with Crippen molar-refractivity contribution in [1.82, 2.24) is 9.97 Å². The van der Waals surface area contributed by atoms with Gasteiger partial charge < -0.3 is 20.9 Å². The van der Waals surface area contributed by atoms with E-state index in [1.54, 1.807) is 6.20 Å². The number of hydrogen-bond donors (Lipinski definition) is 3. The smallest absolute Gasteiger partial charge is 0.226 e. The number of carbonyl (C=O) groups is 1. The number of aromatic amines is 1. The van der Waals surface area contributed by atoms with Gasteiger partial charge >= 0.3 is 0 Å². The third kappa shape index (κ3) is 3.59. The van der Waals surface area contributed by atoms with Crippen LogP contribution in [0.25, 0.3) is 11.0 Å². The molecule has 1 aliphatic rings. The summed E-state index contributed by atoms with van der Waals surface area (Å²) in [7, 11) is 0. The number of fused-ring (bicyclic) bond motifs is 1. The van der Waals surface area contributed by atoms with Crippen LogP contribution < -0.4 is 16.0 Å². The van der Waals surface area contributed by atoms with Gasteiger partial charge in [0.2, 0.25) is 5.91 Å². The second kappa shape index (κ2) is 7.19. The van der Waals surface area contributed by atoms with Crippen LogP contribution in [0.4, 0.5) is 11.4 Å². The van der Waals surface area contributed by atoms with Crippen LogP contribution in [0.3, 0.4) is 0 Å². The van der Waals surface area contributed by atoms with E-state index in [1.807, 2.05) is 26.1 Å². The third-order valence-electron chi connectivity index (χ3n) is 4.13. The minimum absolute atomic E-state index is 0. The van der Waals surface area contributed by atoms with E-state index in [2.05, 4.69) is 20.2 Å². The van der Waals surface area contributed by atoms with Crippen molar-refractivity contribution in [3.63, 3.8) is 0 Å². The minimum Gasteiger partial charge on any atom is -0.369 e. The van der Waals surface area contributed by atoms with Gasteiger partial charge in [0.05, 0.1) is 16.8 Å². The summed E-state index contributed by atoms with van der Waals surface area (Å²) in [5.74, 6) is -0.0560. The van der Waals surface area contributed by atoms with Crippen molar-refractivity contribution in [2.24, 2.45) is 11.7 Å². The number of H-pyrrole nitrogens is 1. The van der Waals surface area contributed by atoms with E-state index in [4.69, 9.17) is 5.73 Å². The van der Waals surface area contributed by atoms with Crippen molar-refractivity contribution in [3.05, 3.63) is 18.5 Å². The molecule has 0 saturated carbocycles. The first-order valence-corrected chi connectivity index (χ1v) is 7.83. The molecule has 1 amide bonds. The Morgan fingerprint density at radius 2 is 2.30 bits per heavy atom. The number of nitrogens with one attached hydrogen (secondary N) is 2. The summed E-state index contributed by atoms with van der Waals surface area (Å²) in [6.07, 6.45) is 5.76. The molecule has 2 aromatic rings. The molecule has 23 heavy (non-hydrogen) atoms. The minimum atomic E-state index is -0.0616. The van der Waals surface area contributed by atoms with E-state index in [-0.39, 0.29) is 30.3 Å². The van der Waals surface area contributed by atoms with Crippen LogP contribution in [0.2, 0.25) is 0 Å². The van der Waals surface area contributed by atoms with Gasteiger partial charge in [-0.2, -0.15) is 0 Å². The summed E-state index contributed by atoms with van der Waals surface area (Å²) >= 11 is 0. The normalized spacial score (nSPS) is 18.1. The summed E-state index contributed by atoms with van der Waals surface area (Å²) in [5, 5.41) is 3.95. The maximum absolute atomic E-state index is 12.0. The quantitative estimate of drug-likeness (QED) is 0.803. The first-order chi connectivity index (χ1) is 10.6. The van der Waals surface area contributed by atoms with E-state index in [1.165, 1.54) is 0 Å². The summed E-state index contributed by atoms with van der Waals surface area (Å²) in [5.41, 5.74) is 8.76. The number of hydrogen-bond acceptors (Lipinski definition) is 4. The van der Waals surface area contributed by atoms with Crippen molar-refractivity contribution in [2.75, 3.05) is 23.3 Å². The summed E-state index contributed by atoms with van der Waals surface area (Å²) in [4.78, 5) is 21.8. The average Bonchev–Trinajstić information content (AvgIpc) is 2.90. The van der Waals surface area contributed by atoms with E-state index in [0.717, 1.165) is 48.3 Å². The number of amides is 1. The Balaban J connectivity index is 0.00000192. The molecule has 0 aromatic carbocycles. The predicted molar refractivity (Wildman–Crippen MR) is 96.2 cm³/mol. The maximum atomic E-state index is 12.0.